The summed E-state index contributed by atoms with van der Waals surface area (Å²) in [6.07, 6.45) is 9.07. The van der Waals surface area contributed by atoms with Crippen LogP contribution in [-0.4, -0.2) is 16.1 Å². The second kappa shape index (κ2) is 3.57. The SMILES string of the molecule is O=C(O)c1c[nH]c2c(c1=O)=CCC=CC=2. The molecule has 15 heavy (non-hydrogen) atoms. The summed E-state index contributed by atoms with van der Waals surface area (Å²) < 4.78 is 0. The molecule has 0 atom stereocenters. The van der Waals surface area contributed by atoms with E-state index < -0.39 is 11.4 Å². The molecule has 0 unspecified atom stereocenters. The first-order valence-electron chi connectivity index (χ1n) is 4.52. The highest BCUT2D eigenvalue weighted by Crippen LogP contribution is 1.88. The minimum absolute atomic E-state index is 0.222. The molecule has 2 N–H and O–H groups in total. The molecule has 1 heterocycles. The fraction of sp³-hybridized carbons (Fsp3) is 0.0909. The summed E-state index contributed by atoms with van der Waals surface area (Å²) in [6.45, 7) is 0. The van der Waals surface area contributed by atoms with Gasteiger partial charge in [0, 0.05) is 16.8 Å². The van der Waals surface area contributed by atoms with Crippen LogP contribution in [0, 0.1) is 0 Å². The summed E-state index contributed by atoms with van der Waals surface area (Å²) in [5, 5.41) is 9.86. The lowest BCUT2D eigenvalue weighted by molar-refractivity contribution is 0.0695. The molecule has 1 aliphatic carbocycles. The Labute approximate surface area is 84.9 Å². The molecule has 0 bridgehead atoms. The highest BCUT2D eigenvalue weighted by atomic mass is 16.4. The van der Waals surface area contributed by atoms with Crippen molar-refractivity contribution in [2.75, 3.05) is 0 Å². The van der Waals surface area contributed by atoms with Gasteiger partial charge >= 0.3 is 5.97 Å². The Balaban J connectivity index is 2.87. The number of carboxylic acids is 1. The number of aromatic nitrogens is 1. The van der Waals surface area contributed by atoms with Gasteiger partial charge in [-0.25, -0.2) is 4.79 Å². The third-order valence-corrected chi connectivity index (χ3v) is 2.24. The molecule has 0 saturated carbocycles. The first-order chi connectivity index (χ1) is 7.20. The van der Waals surface area contributed by atoms with E-state index in [2.05, 4.69) is 4.98 Å². The van der Waals surface area contributed by atoms with Gasteiger partial charge in [0.05, 0.1) is 0 Å². The molecule has 0 fully saturated rings. The molecule has 0 spiro atoms. The normalized spacial score (nSPS) is 13.3. The van der Waals surface area contributed by atoms with E-state index >= 15 is 0 Å². The lowest BCUT2D eigenvalue weighted by atomic mass is 10.2. The number of nitrogens with one attached hydrogen (secondary N) is 1. The molecular formula is C11H9NO3. The van der Waals surface area contributed by atoms with Crippen LogP contribution in [0.25, 0.3) is 12.2 Å². The van der Waals surface area contributed by atoms with E-state index in [9.17, 15) is 9.59 Å². The first-order valence-corrected chi connectivity index (χ1v) is 4.52. The van der Waals surface area contributed by atoms with Crippen molar-refractivity contribution in [3.05, 3.63) is 44.7 Å². The van der Waals surface area contributed by atoms with Crippen LogP contribution < -0.4 is 16.0 Å². The van der Waals surface area contributed by atoms with Crippen molar-refractivity contribution in [1.82, 2.24) is 4.98 Å². The fourth-order valence-electron chi connectivity index (χ4n) is 1.49. The molecule has 0 aliphatic heterocycles. The van der Waals surface area contributed by atoms with Gasteiger partial charge in [-0.1, -0.05) is 18.2 Å². The van der Waals surface area contributed by atoms with Crippen molar-refractivity contribution in [3.63, 3.8) is 0 Å². The number of allylic oxidation sites excluding steroid dienone is 2. The monoisotopic (exact) mass is 203 g/mol. The number of pyridine rings is 1. The topological polar surface area (TPSA) is 70.2 Å². The average molecular weight is 203 g/mol. The molecular weight excluding hydrogens is 194 g/mol. The molecule has 1 aromatic heterocycles. The predicted molar refractivity (Wildman–Crippen MR) is 56.0 cm³/mol. The van der Waals surface area contributed by atoms with Gasteiger partial charge in [-0.15, -0.1) is 0 Å². The zero-order valence-corrected chi connectivity index (χ0v) is 7.86. The summed E-state index contributed by atoms with van der Waals surface area (Å²) in [4.78, 5) is 25.3. The minimum Gasteiger partial charge on any atom is -0.477 e. The summed E-state index contributed by atoms with van der Waals surface area (Å²) in [5.41, 5.74) is -0.656. The predicted octanol–water partition coefficient (Wildman–Crippen LogP) is -0.406. The number of rotatable bonds is 1. The molecule has 4 nitrogen and oxygen atoms in total. The number of aromatic carboxylic acids is 1. The largest absolute Gasteiger partial charge is 0.477 e. The molecule has 0 radical (unpaired) electrons. The Morgan fingerprint density at radius 3 is 3.00 bits per heavy atom. The summed E-state index contributed by atoms with van der Waals surface area (Å²) in [7, 11) is 0. The van der Waals surface area contributed by atoms with Crippen molar-refractivity contribution in [2.24, 2.45) is 0 Å². The van der Waals surface area contributed by atoms with Crippen LogP contribution in [0.2, 0.25) is 0 Å². The van der Waals surface area contributed by atoms with E-state index in [0.29, 0.717) is 17.0 Å². The van der Waals surface area contributed by atoms with Gasteiger partial charge in [0.1, 0.15) is 5.56 Å². The molecule has 1 aromatic rings. The van der Waals surface area contributed by atoms with Gasteiger partial charge in [0.25, 0.3) is 0 Å². The van der Waals surface area contributed by atoms with E-state index in [-0.39, 0.29) is 5.56 Å². The van der Waals surface area contributed by atoms with Gasteiger partial charge in [-0.05, 0) is 12.5 Å². The Morgan fingerprint density at radius 1 is 1.47 bits per heavy atom. The van der Waals surface area contributed by atoms with Crippen LogP contribution in [0.4, 0.5) is 0 Å². The summed E-state index contributed by atoms with van der Waals surface area (Å²) >= 11 is 0. The lowest BCUT2D eigenvalue weighted by Crippen LogP contribution is -2.43. The summed E-state index contributed by atoms with van der Waals surface area (Å²) in [5.74, 6) is -1.20. The van der Waals surface area contributed by atoms with Crippen LogP contribution in [0.1, 0.15) is 16.8 Å². The molecule has 1 aliphatic rings. The van der Waals surface area contributed by atoms with E-state index in [1.165, 1.54) is 6.20 Å². The molecule has 2 rings (SSSR count). The fourth-order valence-corrected chi connectivity index (χ4v) is 1.49. The highest BCUT2D eigenvalue weighted by Gasteiger charge is 2.09. The van der Waals surface area contributed by atoms with E-state index in [1.807, 2.05) is 12.2 Å². The molecule has 0 amide bonds. The zero-order chi connectivity index (χ0) is 10.8. The van der Waals surface area contributed by atoms with Gasteiger partial charge in [-0.2, -0.15) is 0 Å². The van der Waals surface area contributed by atoms with E-state index in [4.69, 9.17) is 5.11 Å². The van der Waals surface area contributed by atoms with E-state index in [1.54, 1.807) is 12.2 Å². The Bertz CT molecular complexity index is 608. The number of aromatic amines is 1. The van der Waals surface area contributed by atoms with Crippen LogP contribution in [-0.2, 0) is 0 Å². The number of carboxylic acid groups (broad SMARTS) is 1. The average Bonchev–Trinajstić information content (AvgIpc) is 2.43. The zero-order valence-electron chi connectivity index (χ0n) is 7.86. The molecule has 0 saturated heterocycles. The number of carbonyl (C=O) groups is 1. The number of hydrogen-bond donors (Lipinski definition) is 2. The van der Waals surface area contributed by atoms with E-state index in [0.717, 1.165) is 0 Å². The van der Waals surface area contributed by atoms with Gasteiger partial charge in [-0.3, -0.25) is 4.79 Å². The molecule has 76 valence electrons. The third kappa shape index (κ3) is 1.61. The molecule has 4 heteroatoms. The maximum atomic E-state index is 11.7. The van der Waals surface area contributed by atoms with Crippen LogP contribution >= 0.6 is 0 Å². The van der Waals surface area contributed by atoms with Crippen LogP contribution in [0.5, 0.6) is 0 Å². The van der Waals surface area contributed by atoms with Crippen LogP contribution in [0.15, 0.2) is 23.1 Å². The second-order valence-electron chi connectivity index (χ2n) is 3.20. The highest BCUT2D eigenvalue weighted by molar-refractivity contribution is 5.87. The smallest absolute Gasteiger partial charge is 0.341 e. The second-order valence-corrected chi connectivity index (χ2v) is 3.20. The maximum Gasteiger partial charge on any atom is 0.341 e. The molecule has 0 aromatic carbocycles. The van der Waals surface area contributed by atoms with Gasteiger partial charge in [0.15, 0.2) is 0 Å². The quantitative estimate of drug-likeness (QED) is 0.652. The first kappa shape index (κ1) is 9.45. The van der Waals surface area contributed by atoms with Crippen molar-refractivity contribution < 1.29 is 9.90 Å². The van der Waals surface area contributed by atoms with Gasteiger partial charge < -0.3 is 10.1 Å². The maximum absolute atomic E-state index is 11.7. The summed E-state index contributed by atoms with van der Waals surface area (Å²) in [6, 6.07) is 0. The van der Waals surface area contributed by atoms with Crippen molar-refractivity contribution in [2.45, 2.75) is 6.42 Å². The number of fused-ring (bicyclic) bond motifs is 1. The van der Waals surface area contributed by atoms with Crippen molar-refractivity contribution >= 4 is 18.1 Å². The lowest BCUT2D eigenvalue weighted by Gasteiger charge is -1.94. The minimum atomic E-state index is -1.20. The standard InChI is InChI=1S/C11H9NO3/c13-10-7-4-2-1-3-5-9(7)12-6-8(10)11(14)15/h1,3-6,12H,2H2,(H,14,15). The number of hydrogen-bond acceptors (Lipinski definition) is 2. The third-order valence-electron chi connectivity index (χ3n) is 2.24. The van der Waals surface area contributed by atoms with Gasteiger partial charge in [0.2, 0.25) is 5.43 Å². The van der Waals surface area contributed by atoms with Crippen molar-refractivity contribution in [1.29, 1.82) is 0 Å². The van der Waals surface area contributed by atoms with Crippen LogP contribution in [0.3, 0.4) is 0 Å². The number of H-pyrrole nitrogens is 1. The van der Waals surface area contributed by atoms with Crippen molar-refractivity contribution in [3.8, 4) is 0 Å². The Hall–Kier alpha value is -2.10. The Kier molecular flexibility index (Phi) is 2.25. The Morgan fingerprint density at radius 2 is 2.27 bits per heavy atom.